The lowest BCUT2D eigenvalue weighted by Gasteiger charge is -2.64. The summed E-state index contributed by atoms with van der Waals surface area (Å²) in [5.74, 6) is 0.734. The van der Waals surface area contributed by atoms with Gasteiger partial charge in [-0.15, -0.1) is 0 Å². The Morgan fingerprint density at radius 3 is 2.73 bits per heavy atom. The van der Waals surface area contributed by atoms with Crippen molar-refractivity contribution in [3.8, 4) is 0 Å². The van der Waals surface area contributed by atoms with E-state index in [1.807, 2.05) is 24.3 Å². The van der Waals surface area contributed by atoms with E-state index in [0.717, 1.165) is 81.4 Å². The van der Waals surface area contributed by atoms with Gasteiger partial charge >= 0.3 is 7.12 Å². The van der Waals surface area contributed by atoms with Crippen LogP contribution in [0.2, 0.25) is 0 Å². The number of rotatable bonds is 8. The van der Waals surface area contributed by atoms with Gasteiger partial charge in [0.15, 0.2) is 0 Å². The smallest absolute Gasteiger partial charge is 0.464 e. The first-order valence-electron chi connectivity index (χ1n) is 15.7. The zero-order valence-corrected chi connectivity index (χ0v) is 25.5. The van der Waals surface area contributed by atoms with E-state index in [9.17, 15) is 8.42 Å². The molecule has 1 aromatic carbocycles. The van der Waals surface area contributed by atoms with Crippen LogP contribution in [0.5, 0.6) is 0 Å². The molecular weight excluding hydrogens is 539 g/mol. The Morgan fingerprint density at radius 2 is 1.93 bits per heavy atom. The van der Waals surface area contributed by atoms with Crippen molar-refractivity contribution in [3.05, 3.63) is 36.1 Å². The van der Waals surface area contributed by atoms with Crippen LogP contribution >= 0.6 is 0 Å². The maximum Gasteiger partial charge on any atom is 0.477 e. The minimum atomic E-state index is -3.60. The summed E-state index contributed by atoms with van der Waals surface area (Å²) in [5.41, 5.74) is 1.58. The summed E-state index contributed by atoms with van der Waals surface area (Å²) in [5, 5.41) is 1.00. The summed E-state index contributed by atoms with van der Waals surface area (Å²) in [6.07, 6.45) is 8.35. The molecule has 0 amide bonds. The molecule has 6 fully saturated rings. The molecule has 8 nitrogen and oxygen atoms in total. The highest BCUT2D eigenvalue weighted by Crippen LogP contribution is 2.65. The number of fused-ring (bicyclic) bond motifs is 1. The van der Waals surface area contributed by atoms with Crippen LogP contribution in [0.4, 0.5) is 0 Å². The Kier molecular flexibility index (Phi) is 7.35. The fourth-order valence-electron chi connectivity index (χ4n) is 8.90. The molecule has 3 saturated heterocycles. The van der Waals surface area contributed by atoms with Crippen LogP contribution in [-0.4, -0.2) is 76.2 Å². The largest absolute Gasteiger partial charge is 0.477 e. The van der Waals surface area contributed by atoms with Crippen LogP contribution in [-0.2, 0) is 30.5 Å². The first kappa shape index (κ1) is 28.4. The summed E-state index contributed by atoms with van der Waals surface area (Å²) in [6.45, 7) is 10.4. The summed E-state index contributed by atoms with van der Waals surface area (Å²) in [7, 11) is -4.24. The van der Waals surface area contributed by atoms with E-state index in [1.54, 1.807) is 6.26 Å². The number of likely N-dealkylation sites (tertiary alicyclic amines) is 1. The van der Waals surface area contributed by atoms with E-state index < -0.39 is 28.7 Å². The van der Waals surface area contributed by atoms with Crippen LogP contribution < -0.4 is 4.72 Å². The monoisotopic (exact) mass is 584 g/mol. The highest BCUT2D eigenvalue weighted by molar-refractivity contribution is 7.89. The predicted molar refractivity (Wildman–Crippen MR) is 159 cm³/mol. The van der Waals surface area contributed by atoms with Crippen LogP contribution in [0.15, 0.2) is 34.9 Å². The van der Waals surface area contributed by atoms with Gasteiger partial charge in [-0.1, -0.05) is 32.0 Å². The third kappa shape index (κ3) is 5.20. The first-order valence-corrected chi connectivity index (χ1v) is 17.4. The molecule has 3 saturated carbocycles. The first-order chi connectivity index (χ1) is 19.6. The molecule has 6 atom stereocenters. The summed E-state index contributed by atoms with van der Waals surface area (Å²) >= 11 is 0. The highest BCUT2D eigenvalue weighted by Gasteiger charge is 2.68. The molecule has 2 bridgehead atoms. The third-order valence-electron chi connectivity index (χ3n) is 11.3. The number of nitrogens with one attached hydrogen (secondary N) is 1. The van der Waals surface area contributed by atoms with Crippen molar-refractivity contribution in [2.75, 3.05) is 32.1 Å². The number of sulfonamides is 1. The molecule has 3 aliphatic carbocycles. The Hall–Kier alpha value is -1.43. The topological polar surface area (TPSA) is 90.2 Å². The molecule has 41 heavy (non-hydrogen) atoms. The average molecular weight is 585 g/mol. The third-order valence-corrected chi connectivity index (χ3v) is 12.9. The second-order valence-corrected chi connectivity index (χ2v) is 15.9. The summed E-state index contributed by atoms with van der Waals surface area (Å²) in [6, 6.07) is 8.41. The van der Waals surface area contributed by atoms with E-state index in [1.165, 1.54) is 0 Å². The SMILES string of the molecule is CC1(C)[C@@H]2C[C@H]3OB([C@H](Cc4coc5ccccc45)NS(=O)(=O)CC4CCCN(C5CCOCC5)C4)O[C@@]3(C)[C@H]1C2. The minimum Gasteiger partial charge on any atom is -0.464 e. The minimum absolute atomic E-state index is 0.0104. The zero-order valence-electron chi connectivity index (χ0n) is 24.7. The molecular formula is C31H45BN2O6S. The molecule has 224 valence electrons. The molecule has 6 aliphatic rings. The molecule has 1 N–H and O–H groups in total. The normalized spacial score (nSPS) is 34.9. The molecule has 2 aromatic rings. The van der Waals surface area contributed by atoms with Gasteiger partial charge in [0.25, 0.3) is 0 Å². The summed E-state index contributed by atoms with van der Waals surface area (Å²) in [4.78, 5) is 2.50. The van der Waals surface area contributed by atoms with Crippen molar-refractivity contribution in [1.82, 2.24) is 9.62 Å². The van der Waals surface area contributed by atoms with Crippen molar-refractivity contribution in [3.63, 3.8) is 0 Å². The van der Waals surface area contributed by atoms with Gasteiger partial charge in [0.05, 0.1) is 29.7 Å². The number of hydrogen-bond donors (Lipinski definition) is 1. The maximum atomic E-state index is 13.8. The lowest BCUT2D eigenvalue weighted by atomic mass is 9.43. The van der Waals surface area contributed by atoms with Crippen LogP contribution in [0.3, 0.4) is 0 Å². The number of nitrogens with zero attached hydrogens (tertiary/aromatic N) is 1. The van der Waals surface area contributed by atoms with Gasteiger partial charge in [-0.05, 0) is 93.2 Å². The van der Waals surface area contributed by atoms with Gasteiger partial charge in [0.2, 0.25) is 10.0 Å². The van der Waals surface area contributed by atoms with Crippen LogP contribution in [0.25, 0.3) is 11.0 Å². The number of benzene rings is 1. The quantitative estimate of drug-likeness (QED) is 0.460. The van der Waals surface area contributed by atoms with E-state index in [0.29, 0.717) is 24.3 Å². The lowest BCUT2D eigenvalue weighted by molar-refractivity contribution is -0.199. The van der Waals surface area contributed by atoms with Crippen molar-refractivity contribution in [2.24, 2.45) is 23.2 Å². The van der Waals surface area contributed by atoms with Crippen molar-refractivity contribution in [1.29, 1.82) is 0 Å². The van der Waals surface area contributed by atoms with Gasteiger partial charge in [-0.2, -0.15) is 0 Å². The Bertz CT molecular complexity index is 1360. The van der Waals surface area contributed by atoms with E-state index in [2.05, 4.69) is 30.4 Å². The van der Waals surface area contributed by atoms with Crippen molar-refractivity contribution >= 4 is 28.1 Å². The molecule has 1 unspecified atom stereocenters. The highest BCUT2D eigenvalue weighted by atomic mass is 32.2. The Balaban J connectivity index is 1.10. The van der Waals surface area contributed by atoms with Crippen LogP contribution in [0, 0.1) is 23.2 Å². The van der Waals surface area contributed by atoms with Gasteiger partial charge in [0.1, 0.15) is 5.58 Å². The maximum absolute atomic E-state index is 13.8. The second-order valence-electron chi connectivity index (χ2n) is 14.2. The zero-order chi connectivity index (χ0) is 28.4. The lowest BCUT2D eigenvalue weighted by Crippen LogP contribution is -2.65. The van der Waals surface area contributed by atoms with Gasteiger partial charge in [0, 0.05) is 31.2 Å². The predicted octanol–water partition coefficient (Wildman–Crippen LogP) is 4.42. The molecule has 4 heterocycles. The number of hydrogen-bond acceptors (Lipinski definition) is 7. The fraction of sp³-hybridized carbons (Fsp3) is 0.742. The molecule has 1 aromatic heterocycles. The van der Waals surface area contributed by atoms with E-state index >= 15 is 0 Å². The number of piperidine rings is 1. The molecule has 0 spiro atoms. The van der Waals surface area contributed by atoms with Gasteiger partial charge < -0.3 is 18.5 Å². The number of ether oxygens (including phenoxy) is 1. The van der Waals surface area contributed by atoms with Crippen molar-refractivity contribution < 1.29 is 26.9 Å². The van der Waals surface area contributed by atoms with E-state index in [4.69, 9.17) is 18.5 Å². The Morgan fingerprint density at radius 1 is 1.12 bits per heavy atom. The average Bonchev–Trinajstić information content (AvgIpc) is 3.53. The van der Waals surface area contributed by atoms with Crippen LogP contribution in [0.1, 0.15) is 64.9 Å². The van der Waals surface area contributed by atoms with Gasteiger partial charge in [-0.25, -0.2) is 13.1 Å². The molecule has 0 radical (unpaired) electrons. The van der Waals surface area contributed by atoms with E-state index in [-0.39, 0.29) is 23.2 Å². The Labute approximate surface area is 245 Å². The summed E-state index contributed by atoms with van der Waals surface area (Å²) < 4.78 is 55.5. The molecule has 8 rings (SSSR count). The molecule has 10 heteroatoms. The number of para-hydroxylation sites is 1. The molecule has 3 aliphatic heterocycles. The fourth-order valence-corrected chi connectivity index (χ4v) is 10.5. The van der Waals surface area contributed by atoms with Crippen molar-refractivity contribution in [2.45, 2.75) is 89.4 Å². The standard InChI is InChI=1S/C31H45BN2O6S/c1-30(2)23-16-27(30)31(3)28(17-23)39-32(40-31)29(15-22-19-38-26-9-5-4-8-25(22)26)33-41(35,36)20-21-7-6-12-34(18-21)24-10-13-37-14-11-24/h4-5,8-9,19,21,23-24,27-29,33H,6-7,10-18,20H2,1-3H3/t21?,23-,27-,28+,29-,31-/m0/s1. The second kappa shape index (κ2) is 10.6. The number of furan rings is 1. The van der Waals surface area contributed by atoms with Gasteiger partial charge in [-0.3, -0.25) is 4.90 Å².